The third kappa shape index (κ3) is 4.59. The van der Waals surface area contributed by atoms with Crippen molar-refractivity contribution in [2.75, 3.05) is 12.3 Å². The molecule has 1 aromatic rings. The Morgan fingerprint density at radius 3 is 2.61 bits per heavy atom. The van der Waals surface area contributed by atoms with E-state index in [-0.39, 0.29) is 10.6 Å². The smallest absolute Gasteiger partial charge is 0.242 e. The summed E-state index contributed by atoms with van der Waals surface area (Å²) >= 11 is 3.25. The van der Waals surface area contributed by atoms with E-state index in [9.17, 15) is 8.42 Å². The van der Waals surface area contributed by atoms with Gasteiger partial charge in [0, 0.05) is 11.0 Å². The summed E-state index contributed by atoms with van der Waals surface area (Å²) < 4.78 is 27.3. The topological polar surface area (TPSA) is 72.2 Å². The van der Waals surface area contributed by atoms with Crippen LogP contribution >= 0.6 is 15.9 Å². The second-order valence-electron chi connectivity index (χ2n) is 4.14. The van der Waals surface area contributed by atoms with Gasteiger partial charge in [-0.15, -0.1) is 0 Å². The van der Waals surface area contributed by atoms with Crippen molar-refractivity contribution in [3.63, 3.8) is 0 Å². The minimum Gasteiger partial charge on any atom is -0.398 e. The molecule has 0 unspecified atom stereocenters. The molecule has 0 aliphatic heterocycles. The van der Waals surface area contributed by atoms with Gasteiger partial charge in [0.25, 0.3) is 0 Å². The predicted octanol–water partition coefficient (Wildman–Crippen LogP) is 2.89. The van der Waals surface area contributed by atoms with Crippen molar-refractivity contribution in [3.05, 3.63) is 22.7 Å². The molecule has 0 aromatic heterocycles. The molecule has 0 heterocycles. The van der Waals surface area contributed by atoms with Crippen molar-refractivity contribution in [1.82, 2.24) is 4.72 Å². The van der Waals surface area contributed by atoms with Crippen molar-refractivity contribution in [2.45, 2.75) is 37.5 Å². The molecule has 0 aliphatic rings. The molecule has 1 rings (SSSR count). The van der Waals surface area contributed by atoms with Gasteiger partial charge in [-0.3, -0.25) is 0 Å². The van der Waals surface area contributed by atoms with Gasteiger partial charge in [-0.25, -0.2) is 13.1 Å². The van der Waals surface area contributed by atoms with Crippen molar-refractivity contribution in [3.8, 4) is 0 Å². The van der Waals surface area contributed by atoms with Crippen molar-refractivity contribution in [2.24, 2.45) is 0 Å². The first-order chi connectivity index (χ1) is 8.47. The summed E-state index contributed by atoms with van der Waals surface area (Å²) in [4.78, 5) is 0.140. The van der Waals surface area contributed by atoms with Crippen LogP contribution in [0.2, 0.25) is 0 Å². The average molecular weight is 335 g/mol. The third-order valence-electron chi connectivity index (χ3n) is 2.58. The zero-order chi connectivity index (χ0) is 13.6. The van der Waals surface area contributed by atoms with Crippen LogP contribution in [0.5, 0.6) is 0 Å². The molecule has 0 fully saturated rings. The van der Waals surface area contributed by atoms with Gasteiger partial charge in [0.15, 0.2) is 0 Å². The Balaban J connectivity index is 2.63. The number of unbranched alkanes of at least 4 members (excludes halogenated alkanes) is 3. The molecule has 4 nitrogen and oxygen atoms in total. The maximum absolute atomic E-state index is 12.0. The number of halogens is 1. The largest absolute Gasteiger partial charge is 0.398 e. The predicted molar refractivity (Wildman–Crippen MR) is 77.9 cm³/mol. The number of rotatable bonds is 7. The first kappa shape index (κ1) is 15.5. The second-order valence-corrected chi connectivity index (χ2v) is 6.79. The van der Waals surface area contributed by atoms with E-state index < -0.39 is 10.0 Å². The molecule has 0 radical (unpaired) electrons. The zero-order valence-corrected chi connectivity index (χ0v) is 12.9. The van der Waals surface area contributed by atoms with E-state index in [1.807, 2.05) is 0 Å². The van der Waals surface area contributed by atoms with E-state index in [2.05, 4.69) is 27.6 Å². The van der Waals surface area contributed by atoms with Crippen LogP contribution in [0, 0.1) is 0 Å². The van der Waals surface area contributed by atoms with Crippen LogP contribution in [-0.2, 0) is 10.0 Å². The van der Waals surface area contributed by atoms with Gasteiger partial charge in [0.05, 0.1) is 5.69 Å². The Labute approximate surface area is 117 Å². The lowest BCUT2D eigenvalue weighted by atomic mass is 10.2. The molecule has 0 amide bonds. The van der Waals surface area contributed by atoms with Crippen LogP contribution in [0.15, 0.2) is 27.6 Å². The maximum atomic E-state index is 12.0. The summed E-state index contributed by atoms with van der Waals surface area (Å²) in [6.07, 6.45) is 4.15. The van der Waals surface area contributed by atoms with Crippen LogP contribution < -0.4 is 10.5 Å². The molecule has 0 saturated heterocycles. The Kier molecular flexibility index (Phi) is 6.11. The zero-order valence-electron chi connectivity index (χ0n) is 10.4. The Morgan fingerprint density at radius 1 is 1.28 bits per heavy atom. The van der Waals surface area contributed by atoms with Gasteiger partial charge in [-0.05, 0) is 24.6 Å². The number of nitrogens with two attached hydrogens (primary N) is 1. The van der Waals surface area contributed by atoms with Gasteiger partial charge >= 0.3 is 0 Å². The van der Waals surface area contributed by atoms with E-state index in [1.165, 1.54) is 6.07 Å². The minimum absolute atomic E-state index is 0.140. The van der Waals surface area contributed by atoms with E-state index in [0.717, 1.165) is 30.2 Å². The molecule has 0 atom stereocenters. The summed E-state index contributed by atoms with van der Waals surface area (Å²) in [5.74, 6) is 0. The SMILES string of the molecule is CCCCCCNS(=O)(=O)c1ccc(Br)cc1N. The fraction of sp³-hybridized carbons (Fsp3) is 0.500. The van der Waals surface area contributed by atoms with Crippen molar-refractivity contribution in [1.29, 1.82) is 0 Å². The summed E-state index contributed by atoms with van der Waals surface area (Å²) in [6, 6.07) is 4.77. The highest BCUT2D eigenvalue weighted by atomic mass is 79.9. The molecule has 18 heavy (non-hydrogen) atoms. The quantitative estimate of drug-likeness (QED) is 0.594. The molecule has 0 aliphatic carbocycles. The lowest BCUT2D eigenvalue weighted by molar-refractivity contribution is 0.574. The van der Waals surface area contributed by atoms with Crippen molar-refractivity contribution < 1.29 is 8.42 Å². The molecule has 6 heteroatoms. The summed E-state index contributed by atoms with van der Waals surface area (Å²) in [5, 5.41) is 0. The standard InChI is InChI=1S/C12H19BrN2O2S/c1-2-3-4-5-8-15-18(16,17)12-7-6-10(13)9-11(12)14/h6-7,9,15H,2-5,8,14H2,1H3. The fourth-order valence-electron chi connectivity index (χ4n) is 1.60. The highest BCUT2D eigenvalue weighted by Gasteiger charge is 2.16. The van der Waals surface area contributed by atoms with Gasteiger partial charge < -0.3 is 5.73 Å². The number of hydrogen-bond acceptors (Lipinski definition) is 3. The molecule has 1 aromatic carbocycles. The van der Waals surface area contributed by atoms with Gasteiger partial charge in [0.2, 0.25) is 10.0 Å². The molecule has 102 valence electrons. The number of nitrogen functional groups attached to an aromatic ring is 1. The third-order valence-corrected chi connectivity index (χ3v) is 4.61. The monoisotopic (exact) mass is 334 g/mol. The fourth-order valence-corrected chi connectivity index (χ4v) is 3.16. The molecular weight excluding hydrogens is 316 g/mol. The van der Waals surface area contributed by atoms with Gasteiger partial charge in [-0.1, -0.05) is 42.1 Å². The molecule has 3 N–H and O–H groups in total. The number of benzene rings is 1. The van der Waals surface area contributed by atoms with Gasteiger partial charge in [-0.2, -0.15) is 0 Å². The molecule has 0 spiro atoms. The Morgan fingerprint density at radius 2 is 2.00 bits per heavy atom. The van der Waals surface area contributed by atoms with Crippen LogP contribution in [-0.4, -0.2) is 15.0 Å². The normalized spacial score (nSPS) is 11.7. The maximum Gasteiger partial charge on any atom is 0.242 e. The van der Waals surface area contributed by atoms with Crippen LogP contribution in [0.25, 0.3) is 0 Å². The highest BCUT2D eigenvalue weighted by molar-refractivity contribution is 9.10. The van der Waals surface area contributed by atoms with Crippen LogP contribution in [0.4, 0.5) is 5.69 Å². The second kappa shape index (κ2) is 7.11. The first-order valence-electron chi connectivity index (χ1n) is 6.02. The molecular formula is C12H19BrN2O2S. The van der Waals surface area contributed by atoms with E-state index in [0.29, 0.717) is 6.54 Å². The van der Waals surface area contributed by atoms with Crippen molar-refractivity contribution >= 4 is 31.6 Å². The first-order valence-corrected chi connectivity index (χ1v) is 8.29. The molecule has 0 saturated carbocycles. The summed E-state index contributed by atoms with van der Waals surface area (Å²) in [7, 11) is -3.49. The number of sulfonamides is 1. The molecule has 0 bridgehead atoms. The Hall–Kier alpha value is -0.590. The number of nitrogens with one attached hydrogen (secondary N) is 1. The van der Waals surface area contributed by atoms with E-state index >= 15 is 0 Å². The lowest BCUT2D eigenvalue weighted by Gasteiger charge is -2.09. The van der Waals surface area contributed by atoms with Crippen LogP contribution in [0.1, 0.15) is 32.6 Å². The number of hydrogen-bond donors (Lipinski definition) is 2. The van der Waals surface area contributed by atoms with Crippen LogP contribution in [0.3, 0.4) is 0 Å². The lowest BCUT2D eigenvalue weighted by Crippen LogP contribution is -2.25. The minimum atomic E-state index is -3.49. The summed E-state index contributed by atoms with van der Waals surface area (Å²) in [5.41, 5.74) is 5.97. The average Bonchev–Trinajstić information content (AvgIpc) is 2.28. The number of anilines is 1. The van der Waals surface area contributed by atoms with Gasteiger partial charge in [0.1, 0.15) is 4.90 Å². The highest BCUT2D eigenvalue weighted by Crippen LogP contribution is 2.22. The Bertz CT molecular complexity index is 489. The summed E-state index contributed by atoms with van der Waals surface area (Å²) in [6.45, 7) is 2.57. The van der Waals surface area contributed by atoms with E-state index in [1.54, 1.807) is 12.1 Å². The van der Waals surface area contributed by atoms with E-state index in [4.69, 9.17) is 5.73 Å².